The quantitative estimate of drug-likeness (QED) is 0.731. The van der Waals surface area contributed by atoms with E-state index in [0.717, 1.165) is 16.9 Å². The van der Waals surface area contributed by atoms with Gasteiger partial charge in [0.1, 0.15) is 17.3 Å². The fourth-order valence-electron chi connectivity index (χ4n) is 3.63. The van der Waals surface area contributed by atoms with Crippen LogP contribution in [0.4, 0.5) is 0 Å². The average molecular weight is 226 g/mol. The summed E-state index contributed by atoms with van der Waals surface area (Å²) >= 11 is 0. The van der Waals surface area contributed by atoms with E-state index in [9.17, 15) is 5.11 Å². The zero-order valence-corrected chi connectivity index (χ0v) is 9.57. The summed E-state index contributed by atoms with van der Waals surface area (Å²) in [5, 5.41) is 10.2. The minimum atomic E-state index is 0.451. The highest BCUT2D eigenvalue weighted by Crippen LogP contribution is 2.59. The first-order chi connectivity index (χ1) is 8.24. The summed E-state index contributed by atoms with van der Waals surface area (Å²) < 4.78 is 5.79. The number of hydrogen-bond acceptors (Lipinski definition) is 2. The van der Waals surface area contributed by atoms with E-state index in [0.29, 0.717) is 23.3 Å². The molecule has 3 aliphatic rings. The van der Waals surface area contributed by atoms with Gasteiger partial charge in [0.2, 0.25) is 0 Å². The number of hydrogen-bond donors (Lipinski definition) is 1. The van der Waals surface area contributed by atoms with E-state index in [-0.39, 0.29) is 0 Å². The minimum Gasteiger partial charge on any atom is -0.508 e. The van der Waals surface area contributed by atoms with Crippen LogP contribution in [-0.2, 0) is 0 Å². The second-order valence-corrected chi connectivity index (χ2v) is 5.25. The molecule has 1 aromatic rings. The fourth-order valence-corrected chi connectivity index (χ4v) is 3.63. The molecule has 0 spiro atoms. The Morgan fingerprint density at radius 3 is 2.76 bits per heavy atom. The van der Waals surface area contributed by atoms with Crippen molar-refractivity contribution >= 4 is 6.08 Å². The third-order valence-corrected chi connectivity index (χ3v) is 4.30. The molecule has 1 aromatic carbocycles. The molecule has 2 bridgehead atoms. The van der Waals surface area contributed by atoms with Crippen LogP contribution in [0.2, 0.25) is 0 Å². The van der Waals surface area contributed by atoms with E-state index < -0.39 is 0 Å². The van der Waals surface area contributed by atoms with Crippen LogP contribution in [0.1, 0.15) is 47.8 Å². The highest BCUT2D eigenvalue weighted by atomic mass is 16.5. The highest BCUT2D eigenvalue weighted by Gasteiger charge is 2.42. The predicted octanol–water partition coefficient (Wildman–Crippen LogP) is 3.68. The summed E-state index contributed by atoms with van der Waals surface area (Å²) in [7, 11) is 0. The standard InChI is InChI=1S/C15H14O2/c1-8-2-3-11-7-12(16)13-9-4-5-10(6-9)14(13)15(11)17-8/h2-3,7,9-10,16H,1,4-6H2. The topological polar surface area (TPSA) is 29.5 Å². The lowest BCUT2D eigenvalue weighted by Gasteiger charge is -2.24. The van der Waals surface area contributed by atoms with Gasteiger partial charge >= 0.3 is 0 Å². The molecule has 0 aromatic heterocycles. The Morgan fingerprint density at radius 2 is 1.94 bits per heavy atom. The number of phenolic OH excluding ortho intramolecular Hbond substituents is 1. The second-order valence-electron chi connectivity index (χ2n) is 5.25. The Hall–Kier alpha value is -1.70. The number of allylic oxidation sites excluding steroid dienone is 1. The third kappa shape index (κ3) is 1.10. The van der Waals surface area contributed by atoms with E-state index in [2.05, 4.69) is 6.58 Å². The van der Waals surface area contributed by atoms with Crippen LogP contribution >= 0.6 is 0 Å². The van der Waals surface area contributed by atoms with Gasteiger partial charge in [0, 0.05) is 16.7 Å². The zero-order valence-electron chi connectivity index (χ0n) is 9.57. The first kappa shape index (κ1) is 9.34. The molecule has 0 saturated heterocycles. The van der Waals surface area contributed by atoms with Gasteiger partial charge in [-0.3, -0.25) is 0 Å². The van der Waals surface area contributed by atoms with Crippen molar-refractivity contribution in [3.8, 4) is 11.5 Å². The number of benzene rings is 1. The average Bonchev–Trinajstić information content (AvgIpc) is 2.91. The summed E-state index contributed by atoms with van der Waals surface area (Å²) in [6.45, 7) is 3.85. The van der Waals surface area contributed by atoms with Gasteiger partial charge in [0.15, 0.2) is 0 Å². The molecular weight excluding hydrogens is 212 g/mol. The zero-order chi connectivity index (χ0) is 11.6. The molecule has 86 valence electrons. The number of fused-ring (bicyclic) bond motifs is 7. The molecule has 0 amide bonds. The van der Waals surface area contributed by atoms with Gasteiger partial charge in [-0.05, 0) is 49.3 Å². The van der Waals surface area contributed by atoms with Gasteiger partial charge in [0.25, 0.3) is 0 Å². The van der Waals surface area contributed by atoms with E-state index >= 15 is 0 Å². The van der Waals surface area contributed by atoms with E-state index in [1.54, 1.807) is 0 Å². The Morgan fingerprint density at radius 1 is 1.18 bits per heavy atom. The van der Waals surface area contributed by atoms with Crippen LogP contribution in [0.25, 0.3) is 6.08 Å². The van der Waals surface area contributed by atoms with Crippen LogP contribution in [0.15, 0.2) is 24.5 Å². The van der Waals surface area contributed by atoms with Crippen molar-refractivity contribution in [3.05, 3.63) is 41.2 Å². The molecular formula is C15H14O2. The monoisotopic (exact) mass is 226 g/mol. The van der Waals surface area contributed by atoms with Crippen molar-refractivity contribution in [3.63, 3.8) is 0 Å². The highest BCUT2D eigenvalue weighted by molar-refractivity contribution is 5.71. The van der Waals surface area contributed by atoms with Crippen LogP contribution in [0.5, 0.6) is 11.5 Å². The van der Waals surface area contributed by atoms with E-state index in [4.69, 9.17) is 4.74 Å². The van der Waals surface area contributed by atoms with Crippen molar-refractivity contribution < 1.29 is 9.84 Å². The van der Waals surface area contributed by atoms with Crippen molar-refractivity contribution in [1.82, 2.24) is 0 Å². The smallest absolute Gasteiger partial charge is 0.138 e. The van der Waals surface area contributed by atoms with Gasteiger partial charge in [-0.15, -0.1) is 0 Å². The molecule has 1 heterocycles. The fraction of sp³-hybridized carbons (Fsp3) is 0.333. The predicted molar refractivity (Wildman–Crippen MR) is 66.2 cm³/mol. The molecule has 4 rings (SSSR count). The molecule has 2 atom stereocenters. The lowest BCUT2D eigenvalue weighted by atomic mass is 9.88. The van der Waals surface area contributed by atoms with Crippen LogP contribution in [0.3, 0.4) is 0 Å². The summed E-state index contributed by atoms with van der Waals surface area (Å²) in [4.78, 5) is 0. The van der Waals surface area contributed by atoms with Crippen molar-refractivity contribution in [2.24, 2.45) is 0 Å². The Bertz CT molecular complexity index is 569. The molecule has 2 aliphatic carbocycles. The van der Waals surface area contributed by atoms with Crippen LogP contribution in [-0.4, -0.2) is 5.11 Å². The third-order valence-electron chi connectivity index (χ3n) is 4.30. The van der Waals surface area contributed by atoms with E-state index in [1.165, 1.54) is 24.8 Å². The molecule has 1 fully saturated rings. The summed E-state index contributed by atoms with van der Waals surface area (Å²) in [5.41, 5.74) is 3.38. The maximum Gasteiger partial charge on any atom is 0.138 e. The second kappa shape index (κ2) is 2.95. The largest absolute Gasteiger partial charge is 0.508 e. The summed E-state index contributed by atoms with van der Waals surface area (Å²) in [6, 6.07) is 1.83. The normalized spacial score (nSPS) is 27.9. The van der Waals surface area contributed by atoms with Gasteiger partial charge in [-0.25, -0.2) is 0 Å². The summed E-state index contributed by atoms with van der Waals surface area (Å²) in [5.74, 6) is 3.20. The maximum absolute atomic E-state index is 10.2. The van der Waals surface area contributed by atoms with Crippen molar-refractivity contribution in [2.45, 2.75) is 31.1 Å². The maximum atomic E-state index is 10.2. The lowest BCUT2D eigenvalue weighted by Crippen LogP contribution is -2.06. The number of rotatable bonds is 0. The first-order valence-corrected chi connectivity index (χ1v) is 6.18. The molecule has 1 N–H and O–H groups in total. The molecule has 2 heteroatoms. The van der Waals surface area contributed by atoms with E-state index in [1.807, 2.05) is 18.2 Å². The molecule has 1 aliphatic heterocycles. The van der Waals surface area contributed by atoms with Crippen molar-refractivity contribution in [1.29, 1.82) is 0 Å². The number of aromatic hydroxyl groups is 1. The first-order valence-electron chi connectivity index (χ1n) is 6.18. The molecule has 2 nitrogen and oxygen atoms in total. The van der Waals surface area contributed by atoms with Gasteiger partial charge in [-0.2, -0.15) is 0 Å². The number of phenols is 1. The van der Waals surface area contributed by atoms with Crippen molar-refractivity contribution in [2.75, 3.05) is 0 Å². The van der Waals surface area contributed by atoms with Gasteiger partial charge < -0.3 is 9.84 Å². The molecule has 1 saturated carbocycles. The van der Waals surface area contributed by atoms with Gasteiger partial charge in [0.05, 0.1) is 0 Å². The Balaban J connectivity index is 2.02. The molecule has 2 unspecified atom stereocenters. The van der Waals surface area contributed by atoms with Gasteiger partial charge in [-0.1, -0.05) is 6.58 Å². The number of ether oxygens (including phenoxy) is 1. The van der Waals surface area contributed by atoms with Crippen LogP contribution < -0.4 is 4.74 Å². The SMILES string of the molecule is C=C1C=Cc2cc(O)c3c(c2O1)C1CCC3C1. The Kier molecular flexibility index (Phi) is 1.62. The molecule has 0 radical (unpaired) electrons. The lowest BCUT2D eigenvalue weighted by molar-refractivity contribution is 0.423. The minimum absolute atomic E-state index is 0.451. The Labute approximate surface area is 100 Å². The molecule has 17 heavy (non-hydrogen) atoms. The summed E-state index contributed by atoms with van der Waals surface area (Å²) in [6.07, 6.45) is 7.45. The van der Waals surface area contributed by atoms with Crippen LogP contribution in [0, 0.1) is 0 Å².